The van der Waals surface area contributed by atoms with Gasteiger partial charge in [0, 0.05) is 6.54 Å². The Hall–Kier alpha value is -2.70. The topological polar surface area (TPSA) is 76.0 Å². The van der Waals surface area contributed by atoms with E-state index in [0.717, 1.165) is 12.8 Å². The molecule has 0 aliphatic carbocycles. The fraction of sp³-hybridized carbons (Fsp3) is 0.565. The predicted octanol–water partition coefficient (Wildman–Crippen LogP) is 4.42. The maximum atomic E-state index is 13.5. The highest BCUT2D eigenvalue weighted by Crippen LogP contribution is 2.42. The summed E-state index contributed by atoms with van der Waals surface area (Å²) in [6.07, 6.45) is 1.73. The minimum atomic E-state index is -0.600. The van der Waals surface area contributed by atoms with Gasteiger partial charge in [-0.1, -0.05) is 34.1 Å². The molecule has 1 aromatic heterocycles. The summed E-state index contributed by atoms with van der Waals surface area (Å²) in [5.74, 6) is 0.494. The van der Waals surface area contributed by atoms with Crippen LogP contribution in [0.2, 0.25) is 0 Å². The summed E-state index contributed by atoms with van der Waals surface area (Å²) in [4.78, 5) is 26.5. The van der Waals surface area contributed by atoms with Crippen molar-refractivity contribution in [2.75, 3.05) is 27.4 Å². The number of hydrogen-bond donors (Lipinski definition) is 0. The van der Waals surface area contributed by atoms with Gasteiger partial charge < -0.3 is 18.9 Å². The first-order valence-corrected chi connectivity index (χ1v) is 10.3. The van der Waals surface area contributed by atoms with Crippen LogP contribution in [-0.2, 0) is 11.3 Å². The van der Waals surface area contributed by atoms with Crippen LogP contribution in [0.5, 0.6) is 17.2 Å². The molecule has 0 saturated carbocycles. The summed E-state index contributed by atoms with van der Waals surface area (Å²) < 4.78 is 23.9. The number of ether oxygens (including phenoxy) is 4. The van der Waals surface area contributed by atoms with E-state index in [4.69, 9.17) is 18.9 Å². The Morgan fingerprint density at radius 2 is 1.77 bits per heavy atom. The molecule has 1 heterocycles. The van der Waals surface area contributed by atoms with Gasteiger partial charge in [-0.05, 0) is 30.9 Å². The molecule has 0 aliphatic heterocycles. The van der Waals surface area contributed by atoms with E-state index >= 15 is 0 Å². The Morgan fingerprint density at radius 1 is 1.07 bits per heavy atom. The lowest BCUT2D eigenvalue weighted by atomic mass is 9.96. The molecule has 0 aliphatic rings. The van der Waals surface area contributed by atoms with E-state index in [2.05, 4.69) is 6.92 Å². The quantitative estimate of drug-likeness (QED) is 0.442. The maximum absolute atomic E-state index is 13.5. The molecule has 0 unspecified atom stereocenters. The lowest BCUT2D eigenvalue weighted by molar-refractivity contribution is 0.0504. The van der Waals surface area contributed by atoms with Gasteiger partial charge in [0.25, 0.3) is 5.56 Å². The van der Waals surface area contributed by atoms with Crippen LogP contribution in [-0.4, -0.2) is 38.0 Å². The number of methoxy groups -OCH3 is 2. The van der Waals surface area contributed by atoms with Gasteiger partial charge in [0.2, 0.25) is 0 Å². The van der Waals surface area contributed by atoms with Crippen LogP contribution in [0.4, 0.5) is 0 Å². The second-order valence-electron chi connectivity index (χ2n) is 8.28. The van der Waals surface area contributed by atoms with E-state index < -0.39 is 5.97 Å². The van der Waals surface area contributed by atoms with Crippen molar-refractivity contribution in [2.24, 2.45) is 5.41 Å². The van der Waals surface area contributed by atoms with E-state index in [1.54, 1.807) is 19.1 Å². The van der Waals surface area contributed by atoms with Crippen molar-refractivity contribution < 1.29 is 23.7 Å². The average molecular weight is 420 g/mol. The Balaban J connectivity index is 3.01. The number of aromatic nitrogens is 1. The molecule has 2 rings (SSSR count). The number of carbonyl (C=O) groups is 1. The molecule has 0 saturated heterocycles. The van der Waals surface area contributed by atoms with Gasteiger partial charge in [0.1, 0.15) is 0 Å². The van der Waals surface area contributed by atoms with Crippen LogP contribution in [0, 0.1) is 5.41 Å². The highest BCUT2D eigenvalue weighted by Gasteiger charge is 2.29. The first kappa shape index (κ1) is 23.6. The normalized spacial score (nSPS) is 11.4. The van der Waals surface area contributed by atoms with Crippen LogP contribution in [0.3, 0.4) is 0 Å². The highest BCUT2D eigenvalue weighted by atomic mass is 16.5. The van der Waals surface area contributed by atoms with E-state index in [0.29, 0.717) is 35.4 Å². The van der Waals surface area contributed by atoms with Crippen molar-refractivity contribution in [2.45, 2.75) is 54.0 Å². The first-order chi connectivity index (χ1) is 14.2. The second kappa shape index (κ2) is 9.87. The molecule has 2 aromatic rings. The Morgan fingerprint density at radius 3 is 2.30 bits per heavy atom. The van der Waals surface area contributed by atoms with E-state index in [-0.39, 0.29) is 29.0 Å². The van der Waals surface area contributed by atoms with Gasteiger partial charge in [0.15, 0.2) is 22.9 Å². The molecule has 0 atom stereocenters. The lowest BCUT2D eigenvalue weighted by Crippen LogP contribution is -2.32. The Kier molecular flexibility index (Phi) is 7.76. The van der Waals surface area contributed by atoms with Crippen LogP contribution in [0.15, 0.2) is 16.9 Å². The largest absolute Gasteiger partial charge is 0.493 e. The van der Waals surface area contributed by atoms with Crippen LogP contribution in [0.1, 0.15) is 57.9 Å². The molecule has 0 amide bonds. The molecule has 0 bridgehead atoms. The molecular formula is C23H33NO6. The van der Waals surface area contributed by atoms with Crippen LogP contribution in [0.25, 0.3) is 10.8 Å². The van der Waals surface area contributed by atoms with Gasteiger partial charge in [-0.25, -0.2) is 4.79 Å². The van der Waals surface area contributed by atoms with Crippen molar-refractivity contribution >= 4 is 16.7 Å². The monoisotopic (exact) mass is 419 g/mol. The van der Waals surface area contributed by atoms with Crippen molar-refractivity contribution in [3.8, 4) is 17.2 Å². The third kappa shape index (κ3) is 4.89. The van der Waals surface area contributed by atoms with E-state index in [1.165, 1.54) is 18.8 Å². The summed E-state index contributed by atoms with van der Waals surface area (Å²) in [5.41, 5.74) is -0.450. The van der Waals surface area contributed by atoms with Crippen molar-refractivity contribution in [1.82, 2.24) is 4.57 Å². The second-order valence-corrected chi connectivity index (χ2v) is 8.28. The first-order valence-electron chi connectivity index (χ1n) is 10.3. The van der Waals surface area contributed by atoms with Crippen LogP contribution >= 0.6 is 0 Å². The number of unbranched alkanes of at least 4 members (excludes halogenated alkanes) is 1. The fourth-order valence-electron chi connectivity index (χ4n) is 3.31. The Bertz CT molecular complexity index is 955. The number of pyridine rings is 1. The number of hydrogen-bond acceptors (Lipinski definition) is 6. The number of esters is 1. The third-order valence-electron chi connectivity index (χ3n) is 4.58. The smallest absolute Gasteiger partial charge is 0.358 e. The molecule has 30 heavy (non-hydrogen) atoms. The average Bonchev–Trinajstić information content (AvgIpc) is 2.69. The molecule has 7 nitrogen and oxygen atoms in total. The zero-order chi connectivity index (χ0) is 22.5. The fourth-order valence-corrected chi connectivity index (χ4v) is 3.31. The van der Waals surface area contributed by atoms with Gasteiger partial charge in [-0.2, -0.15) is 0 Å². The van der Waals surface area contributed by atoms with Crippen molar-refractivity contribution in [3.05, 3.63) is 28.2 Å². The Labute approximate surface area is 177 Å². The molecule has 0 N–H and O–H groups in total. The minimum absolute atomic E-state index is 0.104. The van der Waals surface area contributed by atoms with Gasteiger partial charge >= 0.3 is 5.97 Å². The molecule has 0 radical (unpaired) electrons. The minimum Gasteiger partial charge on any atom is -0.493 e. The van der Waals surface area contributed by atoms with E-state index in [9.17, 15) is 9.59 Å². The van der Waals surface area contributed by atoms with Crippen molar-refractivity contribution in [3.63, 3.8) is 0 Å². The number of carbonyl (C=O) groups excluding carboxylic acids is 1. The molecule has 0 spiro atoms. The zero-order valence-electron chi connectivity index (χ0n) is 19.1. The zero-order valence-corrected chi connectivity index (χ0v) is 19.1. The highest BCUT2D eigenvalue weighted by molar-refractivity contribution is 6.03. The molecule has 1 aromatic carbocycles. The van der Waals surface area contributed by atoms with Crippen molar-refractivity contribution in [1.29, 1.82) is 0 Å². The van der Waals surface area contributed by atoms with E-state index in [1.807, 2.05) is 20.8 Å². The summed E-state index contributed by atoms with van der Waals surface area (Å²) >= 11 is 0. The number of benzene rings is 1. The van der Waals surface area contributed by atoms with Gasteiger partial charge in [-0.3, -0.25) is 9.36 Å². The number of nitrogens with zero attached hydrogens (tertiary/aromatic N) is 1. The summed E-state index contributed by atoms with van der Waals surface area (Å²) in [7, 11) is 3.02. The maximum Gasteiger partial charge on any atom is 0.358 e. The molecule has 0 fully saturated rings. The van der Waals surface area contributed by atoms with Gasteiger partial charge in [0.05, 0.1) is 38.2 Å². The SMILES string of the molecule is CCCCOc1c(C(=O)OCC)n(CC(C)(C)C)c(=O)c2ccc(OC)c(OC)c12. The summed E-state index contributed by atoms with van der Waals surface area (Å²) in [6.45, 7) is 10.7. The molecule has 7 heteroatoms. The summed E-state index contributed by atoms with van der Waals surface area (Å²) in [5, 5.41) is 0.822. The summed E-state index contributed by atoms with van der Waals surface area (Å²) in [6, 6.07) is 3.36. The number of fused-ring (bicyclic) bond motifs is 1. The lowest BCUT2D eigenvalue weighted by Gasteiger charge is -2.25. The number of rotatable bonds is 9. The third-order valence-corrected chi connectivity index (χ3v) is 4.58. The van der Waals surface area contributed by atoms with Crippen LogP contribution < -0.4 is 19.8 Å². The predicted molar refractivity (Wildman–Crippen MR) is 117 cm³/mol. The molecular weight excluding hydrogens is 386 g/mol. The van der Waals surface area contributed by atoms with Gasteiger partial charge in [-0.15, -0.1) is 0 Å². The standard InChI is InChI=1S/C23H33NO6/c1-8-10-13-30-20-17-15(11-12-16(27-6)19(17)28-7)21(25)24(14-23(3,4)5)18(20)22(26)29-9-2/h11-12H,8-10,13-14H2,1-7H3. The molecule has 166 valence electrons.